The molecule has 3 rings (SSSR count). The van der Waals surface area contributed by atoms with Gasteiger partial charge in [0.2, 0.25) is 5.78 Å². The number of nitrogens with zero attached hydrogens (tertiary/aromatic N) is 4. The van der Waals surface area contributed by atoms with E-state index in [-0.39, 0.29) is 0 Å². The molecule has 1 N–H and O–H groups in total. The molecule has 3 heterocycles. The van der Waals surface area contributed by atoms with Gasteiger partial charge in [0.25, 0.3) is 0 Å². The summed E-state index contributed by atoms with van der Waals surface area (Å²) in [6, 6.07) is 2.57. The molecule has 1 saturated heterocycles. The Kier molecular flexibility index (Phi) is 3.25. The Hall–Kier alpha value is -1.46. The van der Waals surface area contributed by atoms with Crippen LogP contribution >= 0.6 is 0 Å². The van der Waals surface area contributed by atoms with E-state index < -0.39 is 0 Å². The third kappa shape index (κ3) is 2.23. The van der Waals surface area contributed by atoms with Gasteiger partial charge in [0.15, 0.2) is 0 Å². The van der Waals surface area contributed by atoms with Crippen LogP contribution in [0.25, 0.3) is 5.78 Å². The lowest BCUT2D eigenvalue weighted by Crippen LogP contribution is -2.36. The van der Waals surface area contributed by atoms with Gasteiger partial charge < -0.3 is 5.32 Å². The molecule has 96 valence electrons. The molecule has 5 nitrogen and oxygen atoms in total. The molecule has 2 aromatic heterocycles. The van der Waals surface area contributed by atoms with E-state index in [1.165, 1.54) is 19.4 Å². The highest BCUT2D eigenvalue weighted by Gasteiger charge is 2.24. The van der Waals surface area contributed by atoms with Gasteiger partial charge in [-0.2, -0.15) is 0 Å². The predicted octanol–water partition coefficient (Wildman–Crippen LogP) is 0.913. The highest BCUT2D eigenvalue weighted by molar-refractivity contribution is 5.29. The zero-order valence-electron chi connectivity index (χ0n) is 10.7. The second-order valence-electron chi connectivity index (χ2n) is 4.88. The van der Waals surface area contributed by atoms with Crippen molar-refractivity contribution < 1.29 is 0 Å². The number of aromatic nitrogens is 3. The van der Waals surface area contributed by atoms with Crippen molar-refractivity contribution >= 4 is 5.78 Å². The fourth-order valence-electron chi connectivity index (χ4n) is 2.73. The topological polar surface area (TPSA) is 45.5 Å². The summed E-state index contributed by atoms with van der Waals surface area (Å²) in [5.74, 6) is 0.789. The van der Waals surface area contributed by atoms with Crippen LogP contribution in [0.4, 0.5) is 0 Å². The predicted molar refractivity (Wildman–Crippen MR) is 70.3 cm³/mol. The number of likely N-dealkylation sites (tertiary alicyclic amines) is 1. The maximum absolute atomic E-state index is 4.56. The summed E-state index contributed by atoms with van der Waals surface area (Å²) in [4.78, 5) is 11.3. The summed E-state index contributed by atoms with van der Waals surface area (Å²) in [6.07, 6.45) is 8.43. The minimum Gasteiger partial charge on any atom is -0.318 e. The van der Waals surface area contributed by atoms with Crippen LogP contribution < -0.4 is 5.32 Å². The summed E-state index contributed by atoms with van der Waals surface area (Å²) in [7, 11) is 2.02. The number of rotatable bonds is 4. The molecule has 0 radical (unpaired) electrons. The van der Waals surface area contributed by atoms with Crippen molar-refractivity contribution in [3.63, 3.8) is 0 Å². The van der Waals surface area contributed by atoms with Gasteiger partial charge in [-0.15, -0.1) is 0 Å². The Labute approximate surface area is 107 Å². The van der Waals surface area contributed by atoms with Gasteiger partial charge in [-0.05, 0) is 32.5 Å². The highest BCUT2D eigenvalue weighted by atomic mass is 15.2. The average molecular weight is 245 g/mol. The molecule has 2 aromatic rings. The van der Waals surface area contributed by atoms with Gasteiger partial charge in [0, 0.05) is 37.7 Å². The normalized spacial score (nSPS) is 20.8. The Bertz CT molecular complexity index is 488. The molecule has 0 spiro atoms. The van der Waals surface area contributed by atoms with Gasteiger partial charge in [-0.1, -0.05) is 0 Å². The lowest BCUT2D eigenvalue weighted by Gasteiger charge is -2.23. The number of nitrogens with one attached hydrogen (secondary N) is 1. The summed E-state index contributed by atoms with van der Waals surface area (Å²) in [6.45, 7) is 3.16. The molecule has 0 saturated carbocycles. The van der Waals surface area contributed by atoms with Crippen LogP contribution in [0.1, 0.15) is 18.5 Å². The largest absolute Gasteiger partial charge is 0.318 e. The van der Waals surface area contributed by atoms with Crippen LogP contribution in [0.5, 0.6) is 0 Å². The number of likely N-dealkylation sites (N-methyl/N-ethyl adjacent to an activating group) is 1. The third-order valence-corrected chi connectivity index (χ3v) is 3.59. The maximum Gasteiger partial charge on any atom is 0.233 e. The van der Waals surface area contributed by atoms with Crippen LogP contribution in [0.2, 0.25) is 0 Å². The Morgan fingerprint density at radius 3 is 3.28 bits per heavy atom. The smallest absolute Gasteiger partial charge is 0.233 e. The Balaban J connectivity index is 1.75. The second-order valence-corrected chi connectivity index (χ2v) is 4.88. The minimum absolute atomic E-state index is 0.646. The van der Waals surface area contributed by atoms with Crippen molar-refractivity contribution in [2.75, 3.05) is 20.1 Å². The van der Waals surface area contributed by atoms with Gasteiger partial charge in [-0.3, -0.25) is 9.30 Å². The molecule has 5 heteroatoms. The number of hydrogen-bond acceptors (Lipinski definition) is 4. The van der Waals surface area contributed by atoms with E-state index in [0.29, 0.717) is 6.04 Å². The Morgan fingerprint density at radius 1 is 1.50 bits per heavy atom. The molecule has 1 unspecified atom stereocenters. The summed E-state index contributed by atoms with van der Waals surface area (Å²) >= 11 is 0. The van der Waals surface area contributed by atoms with Gasteiger partial charge in [0.1, 0.15) is 0 Å². The maximum atomic E-state index is 4.56. The first kappa shape index (κ1) is 11.6. The fraction of sp³-hybridized carbons (Fsp3) is 0.538. The monoisotopic (exact) mass is 245 g/mol. The molecule has 0 amide bonds. The first-order chi connectivity index (χ1) is 8.86. The average Bonchev–Trinajstić information content (AvgIpc) is 2.97. The van der Waals surface area contributed by atoms with Crippen LogP contribution in [0, 0.1) is 0 Å². The van der Waals surface area contributed by atoms with E-state index >= 15 is 0 Å². The van der Waals surface area contributed by atoms with Crippen molar-refractivity contribution in [1.82, 2.24) is 24.6 Å². The van der Waals surface area contributed by atoms with Crippen molar-refractivity contribution in [2.45, 2.75) is 25.4 Å². The molecular weight excluding hydrogens is 226 g/mol. The first-order valence-electron chi connectivity index (χ1n) is 6.54. The van der Waals surface area contributed by atoms with Crippen molar-refractivity contribution in [3.8, 4) is 0 Å². The Morgan fingerprint density at radius 2 is 2.44 bits per heavy atom. The van der Waals surface area contributed by atoms with Crippen LogP contribution in [0.15, 0.2) is 24.7 Å². The van der Waals surface area contributed by atoms with E-state index in [9.17, 15) is 0 Å². The minimum atomic E-state index is 0.646. The highest BCUT2D eigenvalue weighted by Crippen LogP contribution is 2.19. The van der Waals surface area contributed by atoms with Crippen LogP contribution in [0.3, 0.4) is 0 Å². The molecule has 0 aliphatic carbocycles. The lowest BCUT2D eigenvalue weighted by molar-refractivity contribution is 0.240. The summed E-state index contributed by atoms with van der Waals surface area (Å²) in [5, 5.41) is 3.27. The molecule has 1 fully saturated rings. The van der Waals surface area contributed by atoms with Gasteiger partial charge in [-0.25, -0.2) is 9.97 Å². The quantitative estimate of drug-likeness (QED) is 0.870. The van der Waals surface area contributed by atoms with Crippen molar-refractivity contribution in [2.24, 2.45) is 0 Å². The lowest BCUT2D eigenvalue weighted by atomic mass is 10.2. The number of hydrogen-bond donors (Lipinski definition) is 1. The molecule has 18 heavy (non-hydrogen) atoms. The molecule has 1 aliphatic heterocycles. The van der Waals surface area contributed by atoms with E-state index in [2.05, 4.69) is 26.4 Å². The van der Waals surface area contributed by atoms with Gasteiger partial charge >= 0.3 is 0 Å². The third-order valence-electron chi connectivity index (χ3n) is 3.59. The molecule has 0 bridgehead atoms. The first-order valence-corrected chi connectivity index (χ1v) is 6.54. The summed E-state index contributed by atoms with van der Waals surface area (Å²) < 4.78 is 1.98. The van der Waals surface area contributed by atoms with E-state index in [0.717, 1.165) is 24.6 Å². The zero-order valence-corrected chi connectivity index (χ0v) is 10.7. The number of fused-ring (bicyclic) bond motifs is 1. The SMILES string of the molecule is CNCC1CCCN1Cc1cn2cccnc2n1. The van der Waals surface area contributed by atoms with Crippen molar-refractivity contribution in [1.29, 1.82) is 0 Å². The second kappa shape index (κ2) is 5.04. The fourth-order valence-corrected chi connectivity index (χ4v) is 2.73. The number of imidazole rings is 1. The molecular formula is C13H19N5. The van der Waals surface area contributed by atoms with E-state index in [1.807, 2.05) is 23.7 Å². The van der Waals surface area contributed by atoms with Crippen molar-refractivity contribution in [3.05, 3.63) is 30.4 Å². The standard InChI is InChI=1S/C13H19N5/c1-14-8-12-4-2-6-17(12)9-11-10-18-7-3-5-15-13(18)16-11/h3,5,7,10,12,14H,2,4,6,8-9H2,1H3. The van der Waals surface area contributed by atoms with Crippen LogP contribution in [-0.2, 0) is 6.54 Å². The van der Waals surface area contributed by atoms with Gasteiger partial charge in [0.05, 0.1) is 5.69 Å². The van der Waals surface area contributed by atoms with E-state index in [4.69, 9.17) is 0 Å². The molecule has 1 atom stereocenters. The zero-order chi connectivity index (χ0) is 12.4. The van der Waals surface area contributed by atoms with Crippen LogP contribution in [-0.4, -0.2) is 45.4 Å². The summed E-state index contributed by atoms with van der Waals surface area (Å²) in [5.41, 5.74) is 1.11. The molecule has 1 aliphatic rings. The molecule has 0 aromatic carbocycles. The van der Waals surface area contributed by atoms with E-state index in [1.54, 1.807) is 6.20 Å².